The highest BCUT2D eigenvalue weighted by molar-refractivity contribution is 6.17. The molecule has 0 N–H and O–H groups in total. The number of benzene rings is 10. The molecule has 0 bridgehead atoms. The number of fused-ring (bicyclic) bond motifs is 9. The first-order valence-corrected chi connectivity index (χ1v) is 21.2. The molecule has 10 aromatic carbocycles. The maximum Gasteiger partial charge on any atom is 0.136 e. The van der Waals surface area contributed by atoms with Crippen molar-refractivity contribution >= 4 is 60.5 Å². The Morgan fingerprint density at radius 1 is 0.377 bits per heavy atom. The van der Waals surface area contributed by atoms with E-state index in [9.17, 15) is 0 Å². The molecule has 1 aliphatic rings. The van der Waals surface area contributed by atoms with E-state index >= 15 is 0 Å². The van der Waals surface area contributed by atoms with E-state index in [-0.39, 0.29) is 5.41 Å². The number of hydrogen-bond donors (Lipinski definition) is 0. The quantitative estimate of drug-likeness (QED) is 0.156. The van der Waals surface area contributed by atoms with Crippen molar-refractivity contribution in [3.05, 3.63) is 223 Å². The second-order valence-corrected chi connectivity index (χ2v) is 16.8. The highest BCUT2D eigenvalue weighted by Crippen LogP contribution is 2.53. The smallest absolute Gasteiger partial charge is 0.136 e. The van der Waals surface area contributed by atoms with E-state index in [0.717, 1.165) is 50.1 Å². The average molecular weight is 780 g/mol. The molecule has 61 heavy (non-hydrogen) atoms. The van der Waals surface area contributed by atoms with Crippen LogP contribution < -0.4 is 4.90 Å². The van der Waals surface area contributed by atoms with Crippen molar-refractivity contribution in [1.82, 2.24) is 0 Å². The highest BCUT2D eigenvalue weighted by Gasteiger charge is 2.36. The van der Waals surface area contributed by atoms with Gasteiger partial charge in [0.25, 0.3) is 0 Å². The van der Waals surface area contributed by atoms with Crippen LogP contribution in [0.25, 0.3) is 88.0 Å². The van der Waals surface area contributed by atoms with Gasteiger partial charge in [0, 0.05) is 33.1 Å². The molecule has 0 saturated carbocycles. The van der Waals surface area contributed by atoms with Crippen molar-refractivity contribution in [1.29, 1.82) is 0 Å². The molecule has 0 saturated heterocycles. The summed E-state index contributed by atoms with van der Waals surface area (Å²) >= 11 is 0. The van der Waals surface area contributed by atoms with Crippen molar-refractivity contribution in [2.75, 3.05) is 4.90 Å². The van der Waals surface area contributed by atoms with Gasteiger partial charge in [-0.05, 0) is 120 Å². The van der Waals surface area contributed by atoms with E-state index < -0.39 is 0 Å². The summed E-state index contributed by atoms with van der Waals surface area (Å²) in [5.74, 6) is 0. The van der Waals surface area contributed by atoms with Crippen molar-refractivity contribution in [2.24, 2.45) is 0 Å². The number of para-hydroxylation sites is 1. The highest BCUT2D eigenvalue weighted by atomic mass is 16.3. The molecule has 0 spiro atoms. The first kappa shape index (κ1) is 35.3. The first-order chi connectivity index (χ1) is 30.0. The van der Waals surface area contributed by atoms with Gasteiger partial charge in [-0.25, -0.2) is 0 Å². The van der Waals surface area contributed by atoms with Crippen molar-refractivity contribution in [2.45, 2.75) is 19.3 Å². The van der Waals surface area contributed by atoms with Crippen LogP contribution in [0.5, 0.6) is 0 Å². The first-order valence-electron chi connectivity index (χ1n) is 21.2. The summed E-state index contributed by atoms with van der Waals surface area (Å²) in [7, 11) is 0. The van der Waals surface area contributed by atoms with Crippen LogP contribution in [0.2, 0.25) is 0 Å². The molecule has 12 rings (SSSR count). The van der Waals surface area contributed by atoms with Crippen LogP contribution in [0.4, 0.5) is 17.1 Å². The van der Waals surface area contributed by atoms with Crippen LogP contribution in [-0.2, 0) is 5.41 Å². The number of hydrogen-bond acceptors (Lipinski definition) is 2. The Kier molecular flexibility index (Phi) is 7.92. The lowest BCUT2D eigenvalue weighted by Gasteiger charge is -2.31. The molecule has 288 valence electrons. The van der Waals surface area contributed by atoms with E-state index in [0.29, 0.717) is 0 Å². The third-order valence-electron chi connectivity index (χ3n) is 13.1. The predicted octanol–water partition coefficient (Wildman–Crippen LogP) is 16.7. The Balaban J connectivity index is 1.13. The zero-order valence-corrected chi connectivity index (χ0v) is 34.1. The molecule has 0 fully saturated rings. The van der Waals surface area contributed by atoms with Crippen LogP contribution in [0.1, 0.15) is 25.0 Å². The van der Waals surface area contributed by atoms with E-state index in [2.05, 4.69) is 225 Å². The molecule has 0 aliphatic heterocycles. The Labute approximate surface area is 355 Å². The maximum atomic E-state index is 6.32. The van der Waals surface area contributed by atoms with Gasteiger partial charge in [-0.1, -0.05) is 178 Å². The second kappa shape index (κ2) is 13.7. The van der Waals surface area contributed by atoms with Gasteiger partial charge in [0.2, 0.25) is 0 Å². The molecule has 0 atom stereocenters. The van der Waals surface area contributed by atoms with Crippen molar-refractivity contribution in [3.8, 4) is 44.5 Å². The minimum Gasteiger partial charge on any atom is -0.456 e. The fourth-order valence-electron chi connectivity index (χ4n) is 10.2. The van der Waals surface area contributed by atoms with Crippen LogP contribution in [0, 0.1) is 0 Å². The van der Waals surface area contributed by atoms with Gasteiger partial charge in [0.05, 0.1) is 5.69 Å². The number of anilines is 3. The molecule has 2 nitrogen and oxygen atoms in total. The summed E-state index contributed by atoms with van der Waals surface area (Å²) in [6.45, 7) is 4.73. The summed E-state index contributed by atoms with van der Waals surface area (Å²) in [4.78, 5) is 2.49. The SMILES string of the molecule is CC1(C)c2ccccc2-c2ccc(N(c3ccc(-c4cccc5oc6ccccc6c45)cc3)c3cccc(-c4ccccc4)c3-c3cc4ccccc4c4ccccc34)cc21. The van der Waals surface area contributed by atoms with Crippen LogP contribution >= 0.6 is 0 Å². The monoisotopic (exact) mass is 779 g/mol. The van der Waals surface area contributed by atoms with E-state index in [4.69, 9.17) is 4.42 Å². The number of nitrogens with zero attached hydrogens (tertiary/aromatic N) is 1. The van der Waals surface area contributed by atoms with E-state index in [1.54, 1.807) is 0 Å². The minimum atomic E-state index is -0.160. The minimum absolute atomic E-state index is 0.160. The number of furan rings is 1. The maximum absolute atomic E-state index is 6.32. The topological polar surface area (TPSA) is 16.4 Å². The van der Waals surface area contributed by atoms with Crippen molar-refractivity contribution in [3.63, 3.8) is 0 Å². The van der Waals surface area contributed by atoms with Gasteiger partial charge in [0.1, 0.15) is 11.2 Å². The third kappa shape index (κ3) is 5.49. The Bertz CT molecular complexity index is 3500. The van der Waals surface area contributed by atoms with Crippen LogP contribution in [0.15, 0.2) is 217 Å². The summed E-state index contributed by atoms with van der Waals surface area (Å²) in [5.41, 5.74) is 17.4. The molecule has 1 aliphatic carbocycles. The van der Waals surface area contributed by atoms with E-state index in [1.807, 2.05) is 6.07 Å². The molecule has 2 heteroatoms. The third-order valence-corrected chi connectivity index (χ3v) is 13.1. The largest absolute Gasteiger partial charge is 0.456 e. The molecule has 0 unspecified atom stereocenters. The van der Waals surface area contributed by atoms with Crippen molar-refractivity contribution < 1.29 is 4.42 Å². The molecule has 0 radical (unpaired) electrons. The Morgan fingerprint density at radius 3 is 1.84 bits per heavy atom. The fourth-order valence-corrected chi connectivity index (χ4v) is 10.2. The van der Waals surface area contributed by atoms with Gasteiger partial charge in [0.15, 0.2) is 0 Å². The van der Waals surface area contributed by atoms with Gasteiger partial charge in [-0.3, -0.25) is 0 Å². The second-order valence-electron chi connectivity index (χ2n) is 16.8. The Morgan fingerprint density at radius 2 is 0.984 bits per heavy atom. The molecule has 11 aromatic rings. The average Bonchev–Trinajstić information content (AvgIpc) is 3.81. The normalized spacial score (nSPS) is 12.9. The molecular weight excluding hydrogens is 739 g/mol. The number of rotatable bonds is 6. The summed E-state index contributed by atoms with van der Waals surface area (Å²) in [5, 5.41) is 7.23. The molecule has 1 heterocycles. The van der Waals surface area contributed by atoms with E-state index in [1.165, 1.54) is 66.1 Å². The lowest BCUT2D eigenvalue weighted by atomic mass is 9.82. The zero-order valence-electron chi connectivity index (χ0n) is 34.1. The van der Waals surface area contributed by atoms with Gasteiger partial charge < -0.3 is 9.32 Å². The Hall–Kier alpha value is -7.68. The lowest BCUT2D eigenvalue weighted by molar-refractivity contribution is 0.660. The fraction of sp³-hybridized carbons (Fsp3) is 0.0508. The molecule has 1 aromatic heterocycles. The zero-order chi connectivity index (χ0) is 40.7. The predicted molar refractivity (Wildman–Crippen MR) is 257 cm³/mol. The summed E-state index contributed by atoms with van der Waals surface area (Å²) in [6.07, 6.45) is 0. The van der Waals surface area contributed by atoms with Crippen LogP contribution in [0.3, 0.4) is 0 Å². The van der Waals surface area contributed by atoms with Gasteiger partial charge >= 0.3 is 0 Å². The van der Waals surface area contributed by atoms with Crippen LogP contribution in [-0.4, -0.2) is 0 Å². The summed E-state index contributed by atoms with van der Waals surface area (Å²) in [6, 6.07) is 77.6. The van der Waals surface area contributed by atoms with Gasteiger partial charge in [-0.15, -0.1) is 0 Å². The van der Waals surface area contributed by atoms with Gasteiger partial charge in [-0.2, -0.15) is 0 Å². The standard InChI is InChI=1S/C59H41NO/c1-59(2)52-26-12-10-22-48(52)49-35-34-42(37-53(49)59)60(41-32-30-39(31-33-41)45-25-15-29-56-58(45)50-23-11-13-28-55(50)61-56)54-27-14-24-44(38-16-4-3-5-17-38)57(54)51-36-40-18-6-7-19-43(40)46-20-8-9-21-47(46)51/h3-37H,1-2H3. The lowest BCUT2D eigenvalue weighted by Crippen LogP contribution is -2.17. The summed E-state index contributed by atoms with van der Waals surface area (Å²) < 4.78 is 6.32. The molecule has 0 amide bonds. The molecular formula is C59H41NO.